The number of amides is 1. The van der Waals surface area contributed by atoms with Gasteiger partial charge in [-0.3, -0.25) is 9.59 Å². The summed E-state index contributed by atoms with van der Waals surface area (Å²) in [7, 11) is 0. The van der Waals surface area contributed by atoms with E-state index in [1.165, 1.54) is 12.1 Å². The van der Waals surface area contributed by atoms with Crippen molar-refractivity contribution in [2.24, 2.45) is 23.7 Å². The van der Waals surface area contributed by atoms with Crippen LogP contribution in [-0.4, -0.2) is 33.2 Å². The fraction of sp³-hybridized carbons (Fsp3) is 0.312. The molecule has 3 rings (SSSR count). The van der Waals surface area contributed by atoms with E-state index in [-0.39, 0.29) is 23.1 Å². The van der Waals surface area contributed by atoms with Crippen molar-refractivity contribution in [1.29, 1.82) is 0 Å². The molecule has 7 heteroatoms. The van der Waals surface area contributed by atoms with Gasteiger partial charge in [0, 0.05) is 11.8 Å². The summed E-state index contributed by atoms with van der Waals surface area (Å²) in [6, 6.07) is 3.68. The van der Waals surface area contributed by atoms with Crippen molar-refractivity contribution in [2.75, 3.05) is 5.32 Å². The van der Waals surface area contributed by atoms with Gasteiger partial charge in [-0.25, -0.2) is 4.79 Å². The lowest BCUT2D eigenvalue weighted by molar-refractivity contribution is -0.146. The molecule has 1 fully saturated rings. The summed E-state index contributed by atoms with van der Waals surface area (Å²) < 4.78 is 0. The molecular formula is C16H15NO6. The summed E-state index contributed by atoms with van der Waals surface area (Å²) in [6.45, 7) is 0. The van der Waals surface area contributed by atoms with Gasteiger partial charge in [0.15, 0.2) is 0 Å². The van der Waals surface area contributed by atoms with E-state index in [0.29, 0.717) is 6.42 Å². The van der Waals surface area contributed by atoms with Crippen LogP contribution in [0.4, 0.5) is 5.69 Å². The molecule has 2 aliphatic rings. The van der Waals surface area contributed by atoms with Crippen molar-refractivity contribution in [3.8, 4) is 5.75 Å². The minimum atomic E-state index is -1.27. The molecule has 120 valence electrons. The second-order valence-electron chi connectivity index (χ2n) is 5.86. The monoisotopic (exact) mass is 317 g/mol. The molecule has 4 N–H and O–H groups in total. The van der Waals surface area contributed by atoms with E-state index in [0.717, 1.165) is 6.07 Å². The van der Waals surface area contributed by atoms with E-state index < -0.39 is 35.4 Å². The van der Waals surface area contributed by atoms with Gasteiger partial charge in [0.2, 0.25) is 5.91 Å². The highest BCUT2D eigenvalue weighted by molar-refractivity contribution is 5.97. The predicted molar refractivity (Wildman–Crippen MR) is 79.0 cm³/mol. The van der Waals surface area contributed by atoms with Gasteiger partial charge < -0.3 is 20.6 Å². The fourth-order valence-corrected chi connectivity index (χ4v) is 3.53. The largest absolute Gasteiger partial charge is 0.507 e. The molecule has 1 saturated carbocycles. The molecule has 1 amide bonds. The van der Waals surface area contributed by atoms with E-state index in [1.54, 1.807) is 0 Å². The highest BCUT2D eigenvalue weighted by atomic mass is 16.4. The van der Waals surface area contributed by atoms with Crippen molar-refractivity contribution in [1.82, 2.24) is 0 Å². The van der Waals surface area contributed by atoms with Crippen molar-refractivity contribution in [2.45, 2.75) is 6.42 Å². The van der Waals surface area contributed by atoms with Gasteiger partial charge in [0.25, 0.3) is 0 Å². The molecule has 0 radical (unpaired) electrons. The zero-order valence-electron chi connectivity index (χ0n) is 12.0. The highest BCUT2D eigenvalue weighted by Gasteiger charge is 2.51. The van der Waals surface area contributed by atoms with Crippen LogP contribution >= 0.6 is 0 Å². The molecule has 0 aliphatic heterocycles. The van der Waals surface area contributed by atoms with Gasteiger partial charge in [-0.1, -0.05) is 12.2 Å². The minimum absolute atomic E-state index is 0.104. The topological polar surface area (TPSA) is 124 Å². The average Bonchev–Trinajstić information content (AvgIpc) is 3.07. The Hall–Kier alpha value is -2.83. The quantitative estimate of drug-likeness (QED) is 0.625. The van der Waals surface area contributed by atoms with Crippen LogP contribution in [0.15, 0.2) is 30.4 Å². The van der Waals surface area contributed by atoms with Crippen molar-refractivity contribution < 1.29 is 29.7 Å². The summed E-state index contributed by atoms with van der Waals surface area (Å²) in [5.41, 5.74) is -0.0392. The molecule has 0 aromatic heterocycles. The third-order valence-electron chi connectivity index (χ3n) is 4.54. The Kier molecular flexibility index (Phi) is 3.55. The lowest BCUT2D eigenvalue weighted by Gasteiger charge is -2.23. The molecule has 2 bridgehead atoms. The number of aromatic carboxylic acids is 1. The van der Waals surface area contributed by atoms with Gasteiger partial charge in [-0.05, 0) is 30.4 Å². The Morgan fingerprint density at radius 2 is 1.70 bits per heavy atom. The number of nitrogens with one attached hydrogen (secondary N) is 1. The number of benzene rings is 1. The molecule has 0 spiro atoms. The summed E-state index contributed by atoms with van der Waals surface area (Å²) in [5, 5.41) is 30.4. The van der Waals surface area contributed by atoms with Crippen LogP contribution in [0.2, 0.25) is 0 Å². The van der Waals surface area contributed by atoms with Gasteiger partial charge in [-0.15, -0.1) is 0 Å². The Bertz CT molecular complexity index is 725. The SMILES string of the molecule is O=C(O)c1ccc(NC(=O)[C@H]2[C@@H](C(=O)O)[C@@H]3C=C[C@H]2C3)cc1O. The lowest BCUT2D eigenvalue weighted by atomic mass is 9.82. The zero-order chi connectivity index (χ0) is 16.7. The molecule has 0 unspecified atom stereocenters. The van der Waals surface area contributed by atoms with E-state index in [2.05, 4.69) is 5.32 Å². The highest BCUT2D eigenvalue weighted by Crippen LogP contribution is 2.48. The van der Waals surface area contributed by atoms with Gasteiger partial charge in [0.05, 0.1) is 11.8 Å². The van der Waals surface area contributed by atoms with E-state index in [1.807, 2.05) is 12.2 Å². The van der Waals surface area contributed by atoms with Crippen LogP contribution in [0.25, 0.3) is 0 Å². The minimum Gasteiger partial charge on any atom is -0.507 e. The summed E-state index contributed by atoms with van der Waals surface area (Å²) >= 11 is 0. The number of carbonyl (C=O) groups excluding carboxylic acids is 1. The molecule has 2 aliphatic carbocycles. The number of hydrogen-bond donors (Lipinski definition) is 4. The maximum absolute atomic E-state index is 12.4. The first-order chi connectivity index (χ1) is 10.9. The van der Waals surface area contributed by atoms with Crippen LogP contribution in [-0.2, 0) is 9.59 Å². The number of rotatable bonds is 4. The molecular weight excluding hydrogens is 302 g/mol. The number of carbonyl (C=O) groups is 3. The van der Waals surface area contributed by atoms with Gasteiger partial charge >= 0.3 is 11.9 Å². The van der Waals surface area contributed by atoms with Gasteiger partial charge in [0.1, 0.15) is 11.3 Å². The molecule has 4 atom stereocenters. The third-order valence-corrected chi connectivity index (χ3v) is 4.54. The van der Waals surface area contributed by atoms with E-state index in [4.69, 9.17) is 5.11 Å². The van der Waals surface area contributed by atoms with Crippen LogP contribution in [0.1, 0.15) is 16.8 Å². The van der Waals surface area contributed by atoms with Crippen molar-refractivity contribution in [3.05, 3.63) is 35.9 Å². The number of carboxylic acids is 2. The number of aromatic hydroxyl groups is 1. The first-order valence-electron chi connectivity index (χ1n) is 7.17. The first-order valence-corrected chi connectivity index (χ1v) is 7.17. The number of anilines is 1. The third kappa shape index (κ3) is 2.54. The Labute approximate surface area is 131 Å². The summed E-state index contributed by atoms with van der Waals surface area (Å²) in [5.74, 6) is -4.81. The predicted octanol–water partition coefficient (Wildman–Crippen LogP) is 1.55. The van der Waals surface area contributed by atoms with E-state index >= 15 is 0 Å². The number of allylic oxidation sites excluding steroid dienone is 2. The lowest BCUT2D eigenvalue weighted by Crippen LogP contribution is -2.36. The van der Waals surface area contributed by atoms with Crippen LogP contribution in [0, 0.1) is 23.7 Å². The number of hydrogen-bond acceptors (Lipinski definition) is 4. The Morgan fingerprint density at radius 3 is 2.26 bits per heavy atom. The van der Waals surface area contributed by atoms with E-state index in [9.17, 15) is 24.6 Å². The number of fused-ring (bicyclic) bond motifs is 2. The fourth-order valence-electron chi connectivity index (χ4n) is 3.53. The Balaban J connectivity index is 1.79. The molecule has 23 heavy (non-hydrogen) atoms. The van der Waals surface area contributed by atoms with Crippen LogP contribution in [0.3, 0.4) is 0 Å². The smallest absolute Gasteiger partial charge is 0.339 e. The van der Waals surface area contributed by atoms with Crippen LogP contribution in [0.5, 0.6) is 5.75 Å². The average molecular weight is 317 g/mol. The van der Waals surface area contributed by atoms with Gasteiger partial charge in [-0.2, -0.15) is 0 Å². The van der Waals surface area contributed by atoms with Crippen LogP contribution < -0.4 is 5.32 Å². The first kappa shape index (κ1) is 15.1. The molecule has 0 saturated heterocycles. The summed E-state index contributed by atoms with van der Waals surface area (Å²) in [6.07, 6.45) is 4.37. The number of aliphatic carboxylic acids is 1. The van der Waals surface area contributed by atoms with Crippen molar-refractivity contribution in [3.63, 3.8) is 0 Å². The zero-order valence-corrected chi connectivity index (χ0v) is 12.0. The second-order valence-corrected chi connectivity index (χ2v) is 5.86. The number of carboxylic acid groups (broad SMARTS) is 2. The molecule has 1 aromatic carbocycles. The normalized spacial score (nSPS) is 27.8. The maximum atomic E-state index is 12.4. The maximum Gasteiger partial charge on any atom is 0.339 e. The summed E-state index contributed by atoms with van der Waals surface area (Å²) in [4.78, 5) is 34.7. The number of phenols is 1. The van der Waals surface area contributed by atoms with Crippen molar-refractivity contribution >= 4 is 23.5 Å². The Morgan fingerprint density at radius 1 is 1.04 bits per heavy atom. The molecule has 1 aromatic rings. The second kappa shape index (κ2) is 5.42. The molecule has 7 nitrogen and oxygen atoms in total. The molecule has 0 heterocycles. The standard InChI is InChI=1S/C16H15NO6/c18-11-6-9(3-4-10(11)15(20)21)17-14(19)12-7-1-2-8(5-7)13(12)16(22)23/h1-4,6-8,12-13,18H,5H2,(H,17,19)(H,20,21)(H,22,23)/t7-,8+,12+,13-/m0/s1.